The van der Waals surface area contributed by atoms with Crippen LogP contribution >= 0.6 is 0 Å². The molecule has 0 aliphatic rings. The van der Waals surface area contributed by atoms with Crippen LogP contribution in [-0.4, -0.2) is 39.2 Å². The first-order valence-corrected chi connectivity index (χ1v) is 12.9. The van der Waals surface area contributed by atoms with E-state index in [-0.39, 0.29) is 29.5 Å². The Morgan fingerprint density at radius 2 is 1.76 bits per heavy atom. The number of hydrogen-bond donors (Lipinski definition) is 2. The summed E-state index contributed by atoms with van der Waals surface area (Å²) in [4.78, 5) is 43.6. The number of aromatic nitrogens is 2. The normalized spacial score (nSPS) is 11.5. The third-order valence-electron chi connectivity index (χ3n) is 6.42. The van der Waals surface area contributed by atoms with Crippen molar-refractivity contribution in [2.24, 2.45) is 10.7 Å². The Labute approximate surface area is 238 Å². The maximum absolute atomic E-state index is 13.2. The van der Waals surface area contributed by atoms with Crippen molar-refractivity contribution in [3.8, 4) is 17.1 Å². The maximum atomic E-state index is 13.2. The third kappa shape index (κ3) is 5.77. The van der Waals surface area contributed by atoms with Gasteiger partial charge in [0, 0.05) is 5.56 Å². The number of esters is 1. The summed E-state index contributed by atoms with van der Waals surface area (Å²) >= 11 is 0. The van der Waals surface area contributed by atoms with Gasteiger partial charge in [-0.05, 0) is 42.7 Å². The molecule has 0 bridgehead atoms. The lowest BCUT2D eigenvalue weighted by atomic mass is 9.98. The minimum atomic E-state index is -1.37. The van der Waals surface area contributed by atoms with Crippen LogP contribution in [0.1, 0.15) is 39.9 Å². The lowest BCUT2D eigenvalue weighted by molar-refractivity contribution is 0.0444. The molecule has 0 atom stereocenters. The van der Waals surface area contributed by atoms with Gasteiger partial charge in [-0.2, -0.15) is 9.98 Å². The molecule has 2 aromatic heterocycles. The molecule has 0 unspecified atom stereocenters. The SMILES string of the molecule is CCOc1nc2cccc(C(=O)OCc3oc(=O)oc3C)c2n1Cc1ccc(-c2ccccc2C(N)=NC(=O)O)cc1. The lowest BCUT2D eigenvalue weighted by Crippen LogP contribution is -2.16. The van der Waals surface area contributed by atoms with E-state index >= 15 is 0 Å². The van der Waals surface area contributed by atoms with E-state index in [0.29, 0.717) is 35.8 Å². The summed E-state index contributed by atoms with van der Waals surface area (Å²) in [6.07, 6.45) is -1.37. The number of carboxylic acid groups (broad SMARTS) is 1. The fourth-order valence-electron chi connectivity index (χ4n) is 4.52. The monoisotopic (exact) mass is 570 g/mol. The molecule has 2 heterocycles. The first kappa shape index (κ1) is 27.9. The number of imidazole rings is 1. The van der Waals surface area contributed by atoms with Crippen LogP contribution in [0.5, 0.6) is 6.01 Å². The molecular formula is C30H26N4O8. The van der Waals surface area contributed by atoms with Gasteiger partial charge in [0.25, 0.3) is 6.01 Å². The smallest absolute Gasteiger partial charge is 0.465 e. The van der Waals surface area contributed by atoms with Crippen molar-refractivity contribution in [3.05, 3.63) is 106 Å². The number of nitrogens with two attached hydrogens (primary N) is 1. The van der Waals surface area contributed by atoms with Gasteiger partial charge in [0.1, 0.15) is 5.84 Å². The number of nitrogens with zero attached hydrogens (tertiary/aromatic N) is 3. The molecule has 0 saturated heterocycles. The van der Waals surface area contributed by atoms with Gasteiger partial charge < -0.3 is 29.1 Å². The van der Waals surface area contributed by atoms with Gasteiger partial charge in [-0.25, -0.2) is 14.4 Å². The van der Waals surface area contributed by atoms with Crippen molar-refractivity contribution in [3.63, 3.8) is 0 Å². The van der Waals surface area contributed by atoms with Gasteiger partial charge in [0.05, 0.1) is 29.7 Å². The van der Waals surface area contributed by atoms with Gasteiger partial charge in [0.15, 0.2) is 18.1 Å². The molecule has 0 spiro atoms. The largest absolute Gasteiger partial charge is 0.519 e. The number of fused-ring (bicyclic) bond motifs is 1. The van der Waals surface area contributed by atoms with E-state index in [4.69, 9.17) is 29.1 Å². The molecule has 12 heteroatoms. The number of benzene rings is 3. The Morgan fingerprint density at radius 3 is 2.45 bits per heavy atom. The zero-order valence-electron chi connectivity index (χ0n) is 22.7. The number of para-hydroxylation sites is 1. The average Bonchev–Trinajstić information content (AvgIpc) is 3.49. The van der Waals surface area contributed by atoms with Crippen LogP contribution in [0.15, 0.2) is 85.4 Å². The van der Waals surface area contributed by atoms with Gasteiger partial charge in [-0.3, -0.25) is 4.57 Å². The van der Waals surface area contributed by atoms with Crippen LogP contribution in [0.25, 0.3) is 22.2 Å². The second-order valence-electron chi connectivity index (χ2n) is 9.12. The summed E-state index contributed by atoms with van der Waals surface area (Å²) in [5.74, 6) is -1.25. The van der Waals surface area contributed by atoms with E-state index < -0.39 is 17.9 Å². The van der Waals surface area contributed by atoms with Crippen LogP contribution in [0, 0.1) is 6.92 Å². The van der Waals surface area contributed by atoms with Crippen LogP contribution in [0.3, 0.4) is 0 Å². The highest BCUT2D eigenvalue weighted by molar-refractivity contribution is 6.07. The average molecular weight is 571 g/mol. The Kier molecular flexibility index (Phi) is 7.87. The molecule has 1 amide bonds. The molecule has 42 heavy (non-hydrogen) atoms. The van der Waals surface area contributed by atoms with Crippen LogP contribution in [-0.2, 0) is 17.9 Å². The van der Waals surface area contributed by atoms with Crippen molar-refractivity contribution < 1.29 is 33.0 Å². The topological polar surface area (TPSA) is 172 Å². The number of carbonyl (C=O) groups excluding carboxylic acids is 1. The standard InChI is InChI=1S/C30H26N4O8/c1-3-39-28-32-23-10-6-9-22(27(35)40-16-24-17(2)41-30(38)42-24)25(23)34(28)15-18-11-13-19(14-12-18)20-7-4-5-8-21(20)26(31)33-29(36)37/h4-14H,3,15-16H2,1-2H3,(H2,31,33)(H,36,37). The van der Waals surface area contributed by atoms with Crippen molar-refractivity contribution in [1.29, 1.82) is 0 Å². The van der Waals surface area contributed by atoms with Gasteiger partial charge in [-0.1, -0.05) is 54.6 Å². The summed E-state index contributed by atoms with van der Waals surface area (Å²) < 4.78 is 22.8. The van der Waals surface area contributed by atoms with Crippen molar-refractivity contribution >= 4 is 28.9 Å². The molecule has 12 nitrogen and oxygen atoms in total. The van der Waals surface area contributed by atoms with Crippen molar-refractivity contribution in [1.82, 2.24) is 9.55 Å². The quantitative estimate of drug-likeness (QED) is 0.143. The molecule has 3 aromatic carbocycles. The van der Waals surface area contributed by atoms with E-state index in [1.54, 1.807) is 41.8 Å². The molecule has 0 radical (unpaired) electrons. The zero-order chi connectivity index (χ0) is 29.8. The summed E-state index contributed by atoms with van der Waals surface area (Å²) in [6.45, 7) is 3.78. The number of carbonyl (C=O) groups is 2. The van der Waals surface area contributed by atoms with E-state index in [1.807, 2.05) is 43.3 Å². The highest BCUT2D eigenvalue weighted by Gasteiger charge is 2.21. The molecule has 214 valence electrons. The zero-order valence-corrected chi connectivity index (χ0v) is 22.7. The fourth-order valence-corrected chi connectivity index (χ4v) is 4.52. The predicted molar refractivity (Wildman–Crippen MR) is 152 cm³/mol. The van der Waals surface area contributed by atoms with E-state index in [0.717, 1.165) is 16.7 Å². The van der Waals surface area contributed by atoms with E-state index in [1.165, 1.54) is 0 Å². The van der Waals surface area contributed by atoms with Crippen LogP contribution in [0.4, 0.5) is 4.79 Å². The van der Waals surface area contributed by atoms with E-state index in [9.17, 15) is 14.4 Å². The number of amides is 1. The number of hydrogen-bond acceptors (Lipinski definition) is 8. The predicted octanol–water partition coefficient (Wildman–Crippen LogP) is 4.75. The van der Waals surface area contributed by atoms with Gasteiger partial charge in [0.2, 0.25) is 0 Å². The van der Waals surface area contributed by atoms with E-state index in [2.05, 4.69) is 9.98 Å². The first-order valence-electron chi connectivity index (χ1n) is 12.9. The Balaban J connectivity index is 1.47. The molecule has 0 fully saturated rings. The highest BCUT2D eigenvalue weighted by atomic mass is 16.6. The van der Waals surface area contributed by atoms with Crippen molar-refractivity contribution in [2.45, 2.75) is 27.0 Å². The maximum Gasteiger partial charge on any atom is 0.519 e. The number of rotatable bonds is 9. The summed E-state index contributed by atoms with van der Waals surface area (Å²) in [5.41, 5.74) is 10.2. The minimum absolute atomic E-state index is 0.0992. The van der Waals surface area contributed by atoms with Gasteiger partial charge in [-0.15, -0.1) is 0 Å². The Bertz CT molecular complexity index is 1860. The molecular weight excluding hydrogens is 544 g/mol. The number of aryl methyl sites for hydroxylation is 1. The molecule has 0 aliphatic heterocycles. The van der Waals surface area contributed by atoms with Crippen LogP contribution < -0.4 is 16.3 Å². The van der Waals surface area contributed by atoms with Gasteiger partial charge >= 0.3 is 17.9 Å². The Hall–Kier alpha value is -5.65. The highest BCUT2D eigenvalue weighted by Crippen LogP contribution is 2.29. The molecule has 0 saturated carbocycles. The number of ether oxygens (including phenoxy) is 2. The minimum Gasteiger partial charge on any atom is -0.465 e. The Morgan fingerprint density at radius 1 is 1.02 bits per heavy atom. The summed E-state index contributed by atoms with van der Waals surface area (Å²) in [6, 6.07) is 20.1. The summed E-state index contributed by atoms with van der Waals surface area (Å²) in [7, 11) is 0. The third-order valence-corrected chi connectivity index (χ3v) is 6.42. The lowest BCUT2D eigenvalue weighted by Gasteiger charge is -2.13. The molecule has 3 N–H and O–H groups in total. The second kappa shape index (κ2) is 11.8. The first-order chi connectivity index (χ1) is 20.2. The second-order valence-corrected chi connectivity index (χ2v) is 9.12. The van der Waals surface area contributed by atoms with Crippen LogP contribution in [0.2, 0.25) is 0 Å². The number of amidine groups is 1. The fraction of sp³-hybridized carbons (Fsp3) is 0.167. The number of aliphatic imine (C=N–C) groups is 1. The molecule has 5 rings (SSSR count). The van der Waals surface area contributed by atoms with Crippen molar-refractivity contribution in [2.75, 3.05) is 6.61 Å². The molecule has 5 aromatic rings. The molecule has 0 aliphatic carbocycles. The summed E-state index contributed by atoms with van der Waals surface area (Å²) in [5, 5.41) is 9.02.